The molecule has 0 spiro atoms. The van der Waals surface area contributed by atoms with Gasteiger partial charge in [0.15, 0.2) is 5.58 Å². The van der Waals surface area contributed by atoms with Crippen LogP contribution in [0, 0.1) is 13.8 Å². The predicted octanol–water partition coefficient (Wildman–Crippen LogP) is 6.13. The lowest BCUT2D eigenvalue weighted by Crippen LogP contribution is -2.12. The third kappa shape index (κ3) is 3.64. The number of hydrogen-bond donors (Lipinski definition) is 1. The summed E-state index contributed by atoms with van der Waals surface area (Å²) < 4.78 is 6.77. The number of nitrogens with one attached hydrogen (secondary N) is 1. The van der Waals surface area contributed by atoms with E-state index in [0.29, 0.717) is 11.5 Å². The van der Waals surface area contributed by atoms with E-state index in [1.165, 1.54) is 0 Å². The third-order valence-electron chi connectivity index (χ3n) is 4.36. The van der Waals surface area contributed by atoms with Crippen LogP contribution < -0.4 is 5.32 Å². The fourth-order valence-electron chi connectivity index (χ4n) is 2.87. The second-order valence-corrected chi connectivity index (χ2v) is 7.40. The quantitative estimate of drug-likeness (QED) is 0.433. The summed E-state index contributed by atoms with van der Waals surface area (Å²) in [6.07, 6.45) is 0. The Balaban J connectivity index is 1.67. The fraction of sp³-hybridized carbons (Fsp3) is 0.0909. The van der Waals surface area contributed by atoms with Gasteiger partial charge >= 0.3 is 0 Å². The Kier molecular flexibility index (Phi) is 4.54. The molecule has 0 aliphatic rings. The Labute approximate surface area is 165 Å². The minimum Gasteiger partial charge on any atom is -0.436 e. The maximum Gasteiger partial charge on any atom is 0.255 e. The largest absolute Gasteiger partial charge is 0.436 e. The maximum absolute atomic E-state index is 12.6. The van der Waals surface area contributed by atoms with E-state index < -0.39 is 0 Å². The molecule has 5 heteroatoms. The Morgan fingerprint density at radius 2 is 1.89 bits per heavy atom. The lowest BCUT2D eigenvalue weighted by molar-refractivity contribution is 0.102. The summed E-state index contributed by atoms with van der Waals surface area (Å²) in [7, 11) is 0. The fourth-order valence-corrected chi connectivity index (χ4v) is 3.27. The lowest BCUT2D eigenvalue weighted by Gasteiger charge is -2.10. The molecule has 134 valence electrons. The minimum absolute atomic E-state index is 0.162. The van der Waals surface area contributed by atoms with Gasteiger partial charge < -0.3 is 9.73 Å². The number of hydrogen-bond acceptors (Lipinski definition) is 3. The molecular formula is C22H17BrN2O2. The lowest BCUT2D eigenvalue weighted by atomic mass is 10.1. The van der Waals surface area contributed by atoms with Crippen LogP contribution in [0.1, 0.15) is 21.5 Å². The van der Waals surface area contributed by atoms with Gasteiger partial charge in [-0.15, -0.1) is 0 Å². The number of amides is 1. The number of anilines is 1. The van der Waals surface area contributed by atoms with E-state index in [2.05, 4.69) is 26.2 Å². The number of rotatable bonds is 3. The number of benzene rings is 3. The van der Waals surface area contributed by atoms with Gasteiger partial charge in [0.25, 0.3) is 5.91 Å². The first-order chi connectivity index (χ1) is 13.0. The summed E-state index contributed by atoms with van der Waals surface area (Å²) in [5.74, 6) is 0.373. The number of aromatic nitrogens is 1. The molecule has 1 aromatic heterocycles. The van der Waals surface area contributed by atoms with Crippen LogP contribution in [-0.4, -0.2) is 10.9 Å². The normalized spacial score (nSPS) is 10.9. The maximum atomic E-state index is 12.6. The molecule has 0 saturated carbocycles. The highest BCUT2D eigenvalue weighted by Crippen LogP contribution is 2.28. The smallest absolute Gasteiger partial charge is 0.255 e. The molecular weight excluding hydrogens is 404 g/mol. The van der Waals surface area contributed by atoms with Crippen LogP contribution >= 0.6 is 15.9 Å². The molecule has 0 radical (unpaired) electrons. The molecule has 4 rings (SSSR count). The Bertz CT molecular complexity index is 1160. The topological polar surface area (TPSA) is 55.1 Å². The number of halogens is 1. The van der Waals surface area contributed by atoms with E-state index in [9.17, 15) is 4.79 Å². The second kappa shape index (κ2) is 7.00. The van der Waals surface area contributed by atoms with E-state index in [0.717, 1.165) is 38.0 Å². The first-order valence-corrected chi connectivity index (χ1v) is 9.34. The van der Waals surface area contributed by atoms with Crippen LogP contribution in [0.15, 0.2) is 69.6 Å². The molecule has 0 unspecified atom stereocenters. The summed E-state index contributed by atoms with van der Waals surface area (Å²) in [5, 5.41) is 2.98. The number of aryl methyl sites for hydroxylation is 2. The van der Waals surface area contributed by atoms with Crippen molar-refractivity contribution in [1.29, 1.82) is 0 Å². The number of fused-ring (bicyclic) bond motifs is 1. The highest BCUT2D eigenvalue weighted by molar-refractivity contribution is 9.10. The van der Waals surface area contributed by atoms with Gasteiger partial charge in [0.05, 0.1) is 0 Å². The average Bonchev–Trinajstić information content (AvgIpc) is 3.06. The van der Waals surface area contributed by atoms with Crippen molar-refractivity contribution in [3.8, 4) is 11.5 Å². The van der Waals surface area contributed by atoms with Crippen molar-refractivity contribution in [2.24, 2.45) is 0 Å². The molecule has 4 aromatic rings. The molecule has 0 atom stereocenters. The summed E-state index contributed by atoms with van der Waals surface area (Å²) in [4.78, 5) is 17.1. The highest BCUT2D eigenvalue weighted by Gasteiger charge is 2.13. The van der Waals surface area contributed by atoms with Gasteiger partial charge in [-0.25, -0.2) is 4.98 Å². The Morgan fingerprint density at radius 3 is 2.70 bits per heavy atom. The molecule has 0 bridgehead atoms. The molecule has 1 amide bonds. The van der Waals surface area contributed by atoms with Crippen LogP contribution in [0.4, 0.5) is 5.69 Å². The first kappa shape index (κ1) is 17.5. The predicted molar refractivity (Wildman–Crippen MR) is 111 cm³/mol. The van der Waals surface area contributed by atoms with E-state index in [4.69, 9.17) is 4.42 Å². The van der Waals surface area contributed by atoms with Crippen molar-refractivity contribution in [3.05, 3.63) is 81.8 Å². The standard InChI is InChI=1S/C22H17BrN2O2/c1-13-6-9-18-20(10-13)27-22(25-18)16-8-7-14(2)19(12-16)24-21(26)15-4-3-5-17(23)11-15/h3-12H,1-2H3,(H,24,26). The summed E-state index contributed by atoms with van der Waals surface area (Å²) in [5.41, 5.74) is 5.80. The number of nitrogens with zero attached hydrogens (tertiary/aromatic N) is 1. The molecule has 1 N–H and O–H groups in total. The molecule has 27 heavy (non-hydrogen) atoms. The molecule has 1 heterocycles. The van der Waals surface area contributed by atoms with Crippen LogP contribution in [0.2, 0.25) is 0 Å². The van der Waals surface area contributed by atoms with Gasteiger partial charge in [-0.05, 0) is 67.4 Å². The zero-order chi connectivity index (χ0) is 19.0. The van der Waals surface area contributed by atoms with Gasteiger partial charge in [0.1, 0.15) is 5.52 Å². The molecule has 3 aromatic carbocycles. The molecule has 0 aliphatic carbocycles. The van der Waals surface area contributed by atoms with Crippen LogP contribution in [0.25, 0.3) is 22.6 Å². The van der Waals surface area contributed by atoms with Crippen molar-refractivity contribution in [2.45, 2.75) is 13.8 Å². The van der Waals surface area contributed by atoms with Gasteiger partial charge in [-0.2, -0.15) is 0 Å². The minimum atomic E-state index is -0.162. The van der Waals surface area contributed by atoms with Gasteiger partial charge in [-0.3, -0.25) is 4.79 Å². The molecule has 0 fully saturated rings. The zero-order valence-corrected chi connectivity index (χ0v) is 16.5. The number of oxazole rings is 1. The summed E-state index contributed by atoms with van der Waals surface area (Å²) in [6.45, 7) is 3.97. The SMILES string of the molecule is Cc1ccc2nc(-c3ccc(C)c(NC(=O)c4cccc(Br)c4)c3)oc2c1. The molecule has 4 nitrogen and oxygen atoms in total. The van der Waals surface area contributed by atoms with Gasteiger partial charge in [0.2, 0.25) is 5.89 Å². The Hall–Kier alpha value is -2.92. The van der Waals surface area contributed by atoms with E-state index in [1.807, 2.05) is 62.4 Å². The molecule has 0 aliphatic heterocycles. The van der Waals surface area contributed by atoms with E-state index >= 15 is 0 Å². The number of carbonyl (C=O) groups is 1. The van der Waals surface area contributed by atoms with Crippen molar-refractivity contribution in [3.63, 3.8) is 0 Å². The van der Waals surface area contributed by atoms with E-state index in [1.54, 1.807) is 12.1 Å². The van der Waals surface area contributed by atoms with Crippen molar-refractivity contribution >= 4 is 38.6 Å². The first-order valence-electron chi connectivity index (χ1n) is 8.55. The van der Waals surface area contributed by atoms with Crippen molar-refractivity contribution < 1.29 is 9.21 Å². The molecule has 0 saturated heterocycles. The van der Waals surface area contributed by atoms with Gasteiger partial charge in [0, 0.05) is 21.3 Å². The van der Waals surface area contributed by atoms with Crippen LogP contribution in [0.5, 0.6) is 0 Å². The van der Waals surface area contributed by atoms with Crippen LogP contribution in [0.3, 0.4) is 0 Å². The highest BCUT2D eigenvalue weighted by atomic mass is 79.9. The Morgan fingerprint density at radius 1 is 1.04 bits per heavy atom. The van der Waals surface area contributed by atoms with E-state index in [-0.39, 0.29) is 5.91 Å². The van der Waals surface area contributed by atoms with Gasteiger partial charge in [-0.1, -0.05) is 34.1 Å². The summed E-state index contributed by atoms with van der Waals surface area (Å²) in [6, 6.07) is 19.0. The average molecular weight is 421 g/mol. The van der Waals surface area contributed by atoms with Crippen LogP contribution in [-0.2, 0) is 0 Å². The summed E-state index contributed by atoms with van der Waals surface area (Å²) >= 11 is 3.39. The monoisotopic (exact) mass is 420 g/mol. The van der Waals surface area contributed by atoms with Crippen molar-refractivity contribution in [2.75, 3.05) is 5.32 Å². The number of carbonyl (C=O) groups excluding carboxylic acids is 1. The zero-order valence-electron chi connectivity index (χ0n) is 14.9. The third-order valence-corrected chi connectivity index (χ3v) is 4.86. The van der Waals surface area contributed by atoms with Crippen molar-refractivity contribution in [1.82, 2.24) is 4.98 Å². The second-order valence-electron chi connectivity index (χ2n) is 6.48.